The van der Waals surface area contributed by atoms with Crippen LogP contribution in [0, 0.1) is 5.82 Å². The van der Waals surface area contributed by atoms with E-state index >= 15 is 0 Å². The molecular formula is C18H11F4N2O3PS. The molecular weight excluding hydrogens is 431 g/mol. The van der Waals surface area contributed by atoms with Crippen molar-refractivity contribution in [1.82, 2.24) is 4.98 Å². The average molecular weight is 442 g/mol. The molecule has 1 amide bonds. The molecule has 1 aromatic heterocycles. The molecule has 2 N–H and O–H groups in total. The molecule has 1 heterocycles. The molecule has 3 aromatic rings. The largest absolute Gasteiger partial charge is 0.476 e. The van der Waals surface area contributed by atoms with Crippen molar-refractivity contribution >= 4 is 42.9 Å². The van der Waals surface area contributed by atoms with Gasteiger partial charge in [0.25, 0.3) is 5.91 Å². The summed E-state index contributed by atoms with van der Waals surface area (Å²) >= 11 is 0.674. The van der Waals surface area contributed by atoms with Crippen LogP contribution in [0.1, 0.15) is 26.4 Å². The predicted molar refractivity (Wildman–Crippen MR) is 103 cm³/mol. The van der Waals surface area contributed by atoms with E-state index < -0.39 is 35.1 Å². The number of hydrogen-bond donors (Lipinski definition) is 2. The Morgan fingerprint density at radius 3 is 2.45 bits per heavy atom. The summed E-state index contributed by atoms with van der Waals surface area (Å²) in [4.78, 5) is 27.6. The summed E-state index contributed by atoms with van der Waals surface area (Å²) in [5.74, 6) is -3.13. The summed E-state index contributed by atoms with van der Waals surface area (Å²) in [6.07, 6.45) is -4.61. The third kappa shape index (κ3) is 4.44. The van der Waals surface area contributed by atoms with E-state index in [1.165, 1.54) is 18.2 Å². The Labute approximate surface area is 167 Å². The number of halogens is 4. The summed E-state index contributed by atoms with van der Waals surface area (Å²) in [5, 5.41) is 11.7. The second kappa shape index (κ2) is 7.88. The van der Waals surface area contributed by atoms with Crippen LogP contribution in [0.3, 0.4) is 0 Å². The minimum atomic E-state index is -4.61. The Kier molecular flexibility index (Phi) is 5.68. The number of carboxylic acids is 1. The van der Waals surface area contributed by atoms with Crippen molar-refractivity contribution in [3.63, 3.8) is 0 Å². The van der Waals surface area contributed by atoms with E-state index in [0.29, 0.717) is 11.3 Å². The standard InChI is InChI=1S/C18H11F4N2O3PS/c19-10-5-2-6-11(28)12(10)15(25)24-17-23-13(16(26)27)14(29-17)8-3-1-4-9(7-8)18(20,21)22/h1-7H,28H2,(H,26,27)(H,23,24,25). The van der Waals surface area contributed by atoms with Crippen LogP contribution < -0.4 is 10.6 Å². The fraction of sp³-hybridized carbons (Fsp3) is 0.0556. The van der Waals surface area contributed by atoms with E-state index in [4.69, 9.17) is 0 Å². The molecule has 29 heavy (non-hydrogen) atoms. The summed E-state index contributed by atoms with van der Waals surface area (Å²) in [6.45, 7) is 0. The Hall–Kier alpha value is -2.84. The van der Waals surface area contributed by atoms with Crippen LogP contribution in [0.5, 0.6) is 0 Å². The number of hydrogen-bond acceptors (Lipinski definition) is 4. The van der Waals surface area contributed by atoms with Gasteiger partial charge in [-0.2, -0.15) is 13.2 Å². The molecule has 11 heteroatoms. The fourth-order valence-corrected chi connectivity index (χ4v) is 3.82. The van der Waals surface area contributed by atoms with Crippen molar-refractivity contribution < 1.29 is 32.3 Å². The molecule has 0 spiro atoms. The maximum Gasteiger partial charge on any atom is 0.416 e. The molecule has 0 aliphatic carbocycles. The summed E-state index contributed by atoms with van der Waals surface area (Å²) in [7, 11) is 2.20. The Bertz CT molecular complexity index is 1090. The van der Waals surface area contributed by atoms with Crippen LogP contribution in [-0.4, -0.2) is 22.0 Å². The van der Waals surface area contributed by atoms with Gasteiger partial charge < -0.3 is 5.11 Å². The van der Waals surface area contributed by atoms with Crippen LogP contribution in [0.15, 0.2) is 42.5 Å². The van der Waals surface area contributed by atoms with Crippen molar-refractivity contribution in [3.05, 3.63) is 65.1 Å². The summed E-state index contributed by atoms with van der Waals surface area (Å²) in [5.41, 5.74) is -1.77. The molecule has 5 nitrogen and oxygen atoms in total. The van der Waals surface area contributed by atoms with Crippen LogP contribution in [0.4, 0.5) is 22.7 Å². The summed E-state index contributed by atoms with van der Waals surface area (Å²) in [6, 6.07) is 8.07. The SMILES string of the molecule is O=C(O)c1nc(NC(=O)c2c(F)cccc2P)sc1-c1cccc(C(F)(F)F)c1. The first-order valence-electron chi connectivity index (χ1n) is 7.85. The van der Waals surface area contributed by atoms with Crippen LogP contribution in [-0.2, 0) is 6.18 Å². The van der Waals surface area contributed by atoms with Gasteiger partial charge in [-0.25, -0.2) is 14.2 Å². The number of carbonyl (C=O) groups is 2. The van der Waals surface area contributed by atoms with Gasteiger partial charge in [0.05, 0.1) is 16.0 Å². The molecule has 0 radical (unpaired) electrons. The minimum absolute atomic E-state index is 0.0205. The van der Waals surface area contributed by atoms with Gasteiger partial charge in [0, 0.05) is 0 Å². The van der Waals surface area contributed by atoms with Crippen molar-refractivity contribution in [3.8, 4) is 10.4 Å². The van der Waals surface area contributed by atoms with Gasteiger partial charge in [-0.15, -0.1) is 9.24 Å². The number of nitrogens with zero attached hydrogens (tertiary/aromatic N) is 1. The second-order valence-electron chi connectivity index (χ2n) is 5.74. The lowest BCUT2D eigenvalue weighted by Gasteiger charge is -2.08. The van der Waals surface area contributed by atoms with Gasteiger partial charge in [-0.3, -0.25) is 10.1 Å². The van der Waals surface area contributed by atoms with Gasteiger partial charge in [0.1, 0.15) is 5.82 Å². The normalized spacial score (nSPS) is 11.3. The highest BCUT2D eigenvalue weighted by atomic mass is 32.1. The quantitative estimate of drug-likeness (QED) is 0.463. The number of benzene rings is 2. The molecule has 2 aromatic carbocycles. The van der Waals surface area contributed by atoms with Crippen LogP contribution in [0.2, 0.25) is 0 Å². The lowest BCUT2D eigenvalue weighted by atomic mass is 10.1. The smallest absolute Gasteiger partial charge is 0.416 e. The molecule has 1 atom stereocenters. The topological polar surface area (TPSA) is 79.3 Å². The highest BCUT2D eigenvalue weighted by molar-refractivity contribution is 7.27. The Morgan fingerprint density at radius 1 is 1.14 bits per heavy atom. The van der Waals surface area contributed by atoms with Crippen molar-refractivity contribution in [1.29, 1.82) is 0 Å². The van der Waals surface area contributed by atoms with E-state index in [1.54, 1.807) is 0 Å². The molecule has 150 valence electrons. The number of thiazole rings is 1. The number of amides is 1. The number of carboxylic acid groups (broad SMARTS) is 1. The van der Waals surface area contributed by atoms with E-state index in [0.717, 1.165) is 24.3 Å². The first-order chi connectivity index (χ1) is 13.6. The van der Waals surface area contributed by atoms with Crippen molar-refractivity contribution in [2.75, 3.05) is 5.32 Å². The molecule has 0 bridgehead atoms. The second-order valence-corrected chi connectivity index (χ2v) is 7.36. The summed E-state index contributed by atoms with van der Waals surface area (Å²) < 4.78 is 52.8. The minimum Gasteiger partial charge on any atom is -0.476 e. The van der Waals surface area contributed by atoms with Crippen molar-refractivity contribution in [2.45, 2.75) is 6.18 Å². The third-order valence-electron chi connectivity index (χ3n) is 3.78. The maximum atomic E-state index is 13.9. The Balaban J connectivity index is 2.00. The first-order valence-corrected chi connectivity index (χ1v) is 9.24. The van der Waals surface area contributed by atoms with E-state index in [9.17, 15) is 32.3 Å². The number of carbonyl (C=O) groups excluding carboxylic acids is 1. The highest BCUT2D eigenvalue weighted by Gasteiger charge is 2.31. The lowest BCUT2D eigenvalue weighted by molar-refractivity contribution is -0.137. The van der Waals surface area contributed by atoms with E-state index in [-0.39, 0.29) is 26.4 Å². The molecule has 0 saturated heterocycles. The third-order valence-corrected chi connectivity index (χ3v) is 5.28. The number of rotatable bonds is 4. The average Bonchev–Trinajstić information content (AvgIpc) is 3.05. The van der Waals surface area contributed by atoms with Crippen molar-refractivity contribution in [2.24, 2.45) is 0 Å². The van der Waals surface area contributed by atoms with E-state index in [1.807, 2.05) is 0 Å². The number of aromatic carboxylic acids is 1. The number of alkyl halides is 3. The predicted octanol–water partition coefficient (Wildman–Crippen LogP) is 4.42. The number of nitrogens with one attached hydrogen (secondary N) is 1. The van der Waals surface area contributed by atoms with Gasteiger partial charge in [0.2, 0.25) is 0 Å². The Morgan fingerprint density at radius 2 is 1.83 bits per heavy atom. The van der Waals surface area contributed by atoms with E-state index in [2.05, 4.69) is 19.5 Å². The molecule has 1 unspecified atom stereocenters. The zero-order valence-electron chi connectivity index (χ0n) is 14.2. The fourth-order valence-electron chi connectivity index (χ4n) is 2.49. The molecule has 0 fully saturated rings. The number of aromatic nitrogens is 1. The molecule has 0 aliphatic heterocycles. The highest BCUT2D eigenvalue weighted by Crippen LogP contribution is 2.37. The zero-order chi connectivity index (χ0) is 21.3. The van der Waals surface area contributed by atoms with Gasteiger partial charge in [0.15, 0.2) is 10.8 Å². The van der Waals surface area contributed by atoms with Gasteiger partial charge >= 0.3 is 12.1 Å². The monoisotopic (exact) mass is 442 g/mol. The lowest BCUT2D eigenvalue weighted by Crippen LogP contribution is -2.20. The zero-order valence-corrected chi connectivity index (χ0v) is 16.2. The molecule has 0 aliphatic rings. The van der Waals surface area contributed by atoms with Gasteiger partial charge in [-0.1, -0.05) is 35.6 Å². The van der Waals surface area contributed by atoms with Gasteiger partial charge in [-0.05, 0) is 29.1 Å². The molecule has 0 saturated carbocycles. The molecule has 3 rings (SSSR count). The number of anilines is 1. The maximum absolute atomic E-state index is 13.9. The van der Waals surface area contributed by atoms with Crippen LogP contribution in [0.25, 0.3) is 10.4 Å². The first kappa shape index (κ1) is 20.9. The van der Waals surface area contributed by atoms with Crippen LogP contribution >= 0.6 is 20.6 Å².